The van der Waals surface area contributed by atoms with Gasteiger partial charge in [0.2, 0.25) is 11.8 Å². The normalized spacial score (nSPS) is 12.2. The van der Waals surface area contributed by atoms with Gasteiger partial charge < -0.3 is 10.2 Å². The standard InChI is InChI=1S/C30H37N3O4S/c1-6-28(30(35)31-22(2)3)32(20-25-12-8-7-9-13-25)29(34)21-33(26-14-10-11-24(5)19-26)38(36,37)27-17-15-23(4)16-18-27/h7-19,22,28H,6,20-21H2,1-5H3,(H,31,35). The van der Waals surface area contributed by atoms with E-state index in [1.807, 2.05) is 71.0 Å². The summed E-state index contributed by atoms with van der Waals surface area (Å²) in [5.41, 5.74) is 3.03. The molecule has 0 aliphatic heterocycles. The molecule has 38 heavy (non-hydrogen) atoms. The van der Waals surface area contributed by atoms with E-state index >= 15 is 0 Å². The Hall–Kier alpha value is -3.65. The Bertz CT molecular complexity index is 1340. The Balaban J connectivity index is 2.05. The lowest BCUT2D eigenvalue weighted by molar-refractivity contribution is -0.140. The Labute approximate surface area is 226 Å². The molecule has 2 amide bonds. The predicted octanol–water partition coefficient (Wildman–Crippen LogP) is 4.83. The minimum absolute atomic E-state index is 0.0941. The highest BCUT2D eigenvalue weighted by Gasteiger charge is 2.33. The molecule has 3 aromatic rings. The van der Waals surface area contributed by atoms with Crippen molar-refractivity contribution >= 4 is 27.5 Å². The van der Waals surface area contributed by atoms with Crippen molar-refractivity contribution < 1.29 is 18.0 Å². The van der Waals surface area contributed by atoms with Crippen LogP contribution in [0, 0.1) is 13.8 Å². The predicted molar refractivity (Wildman–Crippen MR) is 151 cm³/mol. The van der Waals surface area contributed by atoms with E-state index in [1.54, 1.807) is 42.5 Å². The zero-order chi connectivity index (χ0) is 27.9. The van der Waals surface area contributed by atoms with E-state index in [4.69, 9.17) is 0 Å². The van der Waals surface area contributed by atoms with Crippen LogP contribution in [0.4, 0.5) is 5.69 Å². The summed E-state index contributed by atoms with van der Waals surface area (Å²) in [6.07, 6.45) is 0.381. The number of carbonyl (C=O) groups is 2. The summed E-state index contributed by atoms with van der Waals surface area (Å²) in [4.78, 5) is 28.7. The van der Waals surface area contributed by atoms with Crippen LogP contribution >= 0.6 is 0 Å². The molecule has 3 rings (SSSR count). The number of hydrogen-bond acceptors (Lipinski definition) is 4. The molecule has 8 heteroatoms. The topological polar surface area (TPSA) is 86.8 Å². The number of hydrogen-bond donors (Lipinski definition) is 1. The molecule has 0 radical (unpaired) electrons. The number of sulfonamides is 1. The lowest BCUT2D eigenvalue weighted by Crippen LogP contribution is -2.53. The summed E-state index contributed by atoms with van der Waals surface area (Å²) in [6, 6.07) is 22.1. The van der Waals surface area contributed by atoms with Crippen molar-refractivity contribution in [1.82, 2.24) is 10.2 Å². The van der Waals surface area contributed by atoms with E-state index < -0.39 is 28.5 Å². The average Bonchev–Trinajstić information content (AvgIpc) is 2.87. The first-order valence-corrected chi connectivity index (χ1v) is 14.3. The first-order chi connectivity index (χ1) is 18.0. The number of rotatable bonds is 11. The Morgan fingerprint density at radius 2 is 1.53 bits per heavy atom. The van der Waals surface area contributed by atoms with Gasteiger partial charge in [0.05, 0.1) is 10.6 Å². The van der Waals surface area contributed by atoms with Crippen molar-refractivity contribution in [3.8, 4) is 0 Å². The van der Waals surface area contributed by atoms with E-state index in [2.05, 4.69) is 5.32 Å². The van der Waals surface area contributed by atoms with Gasteiger partial charge in [0.15, 0.2) is 0 Å². The maximum absolute atomic E-state index is 14.0. The number of nitrogens with one attached hydrogen (secondary N) is 1. The van der Waals surface area contributed by atoms with E-state index in [-0.39, 0.29) is 23.4 Å². The molecular formula is C30H37N3O4S. The van der Waals surface area contributed by atoms with Gasteiger partial charge in [-0.05, 0) is 69.5 Å². The van der Waals surface area contributed by atoms with Gasteiger partial charge in [-0.2, -0.15) is 0 Å². The van der Waals surface area contributed by atoms with Crippen molar-refractivity contribution in [3.05, 3.63) is 95.6 Å². The third-order valence-corrected chi connectivity index (χ3v) is 7.98. The molecule has 0 saturated heterocycles. The smallest absolute Gasteiger partial charge is 0.264 e. The highest BCUT2D eigenvalue weighted by Crippen LogP contribution is 2.26. The zero-order valence-electron chi connectivity index (χ0n) is 22.7. The van der Waals surface area contributed by atoms with Gasteiger partial charge in [0.25, 0.3) is 10.0 Å². The van der Waals surface area contributed by atoms with E-state index in [0.29, 0.717) is 12.1 Å². The third kappa shape index (κ3) is 7.22. The molecule has 0 bridgehead atoms. The molecule has 0 spiro atoms. The van der Waals surface area contributed by atoms with Crippen LogP contribution in [0.5, 0.6) is 0 Å². The molecule has 7 nitrogen and oxygen atoms in total. The summed E-state index contributed by atoms with van der Waals surface area (Å²) in [6.45, 7) is 9.05. The zero-order valence-corrected chi connectivity index (χ0v) is 23.5. The molecule has 0 aliphatic carbocycles. The van der Waals surface area contributed by atoms with Crippen LogP contribution < -0.4 is 9.62 Å². The average molecular weight is 536 g/mol. The fraction of sp³-hybridized carbons (Fsp3) is 0.333. The molecule has 0 aromatic heterocycles. The molecule has 3 aromatic carbocycles. The van der Waals surface area contributed by atoms with E-state index in [1.165, 1.54) is 4.90 Å². The summed E-state index contributed by atoms with van der Waals surface area (Å²) in [5.74, 6) is -0.730. The first-order valence-electron chi connectivity index (χ1n) is 12.8. The van der Waals surface area contributed by atoms with Crippen LogP contribution in [-0.4, -0.2) is 43.8 Å². The Morgan fingerprint density at radius 1 is 0.868 bits per heavy atom. The minimum atomic E-state index is -4.08. The number of nitrogens with zero attached hydrogens (tertiary/aromatic N) is 2. The summed E-state index contributed by atoms with van der Waals surface area (Å²) < 4.78 is 28.9. The van der Waals surface area contributed by atoms with Gasteiger partial charge in [-0.3, -0.25) is 13.9 Å². The maximum atomic E-state index is 14.0. The second kappa shape index (κ2) is 12.7. The van der Waals surface area contributed by atoms with Crippen LogP contribution in [0.2, 0.25) is 0 Å². The Kier molecular flexibility index (Phi) is 9.69. The molecule has 0 aliphatic rings. The van der Waals surface area contributed by atoms with Crippen molar-refractivity contribution in [2.75, 3.05) is 10.8 Å². The van der Waals surface area contributed by atoms with Crippen molar-refractivity contribution in [1.29, 1.82) is 0 Å². The van der Waals surface area contributed by atoms with Crippen molar-refractivity contribution in [3.63, 3.8) is 0 Å². The molecular weight excluding hydrogens is 498 g/mol. The number of carbonyl (C=O) groups excluding carboxylic acids is 2. The highest BCUT2D eigenvalue weighted by atomic mass is 32.2. The van der Waals surface area contributed by atoms with Gasteiger partial charge in [-0.1, -0.05) is 67.1 Å². The monoisotopic (exact) mass is 535 g/mol. The van der Waals surface area contributed by atoms with Crippen LogP contribution in [0.1, 0.15) is 43.9 Å². The molecule has 1 atom stereocenters. The largest absolute Gasteiger partial charge is 0.352 e. The summed E-state index contributed by atoms with van der Waals surface area (Å²) in [5, 5.41) is 2.90. The number of aryl methyl sites for hydroxylation is 2. The molecule has 1 N–H and O–H groups in total. The van der Waals surface area contributed by atoms with Crippen molar-refractivity contribution in [2.45, 2.75) is 64.6 Å². The molecule has 0 saturated carbocycles. The maximum Gasteiger partial charge on any atom is 0.264 e. The van der Waals surface area contributed by atoms with Crippen LogP contribution in [-0.2, 0) is 26.2 Å². The highest BCUT2D eigenvalue weighted by molar-refractivity contribution is 7.92. The fourth-order valence-corrected chi connectivity index (χ4v) is 5.64. The number of amides is 2. The third-order valence-electron chi connectivity index (χ3n) is 6.19. The Morgan fingerprint density at radius 3 is 2.11 bits per heavy atom. The van der Waals surface area contributed by atoms with Gasteiger partial charge in [0.1, 0.15) is 12.6 Å². The lowest BCUT2D eigenvalue weighted by Gasteiger charge is -2.33. The van der Waals surface area contributed by atoms with E-state index in [9.17, 15) is 18.0 Å². The molecule has 1 unspecified atom stereocenters. The van der Waals surface area contributed by atoms with Crippen LogP contribution in [0.15, 0.2) is 83.8 Å². The quantitative estimate of drug-likeness (QED) is 0.381. The van der Waals surface area contributed by atoms with E-state index in [0.717, 1.165) is 21.0 Å². The van der Waals surface area contributed by atoms with Gasteiger partial charge in [-0.25, -0.2) is 8.42 Å². The van der Waals surface area contributed by atoms with Gasteiger partial charge >= 0.3 is 0 Å². The van der Waals surface area contributed by atoms with Gasteiger partial charge in [0, 0.05) is 12.6 Å². The number of anilines is 1. The van der Waals surface area contributed by atoms with Crippen molar-refractivity contribution in [2.24, 2.45) is 0 Å². The number of benzene rings is 3. The second-order valence-corrected chi connectivity index (χ2v) is 11.6. The SMILES string of the molecule is CCC(C(=O)NC(C)C)N(Cc1ccccc1)C(=O)CN(c1cccc(C)c1)S(=O)(=O)c1ccc(C)cc1. The second-order valence-electron chi connectivity index (χ2n) is 9.76. The van der Waals surface area contributed by atoms with Gasteiger partial charge in [-0.15, -0.1) is 0 Å². The lowest BCUT2D eigenvalue weighted by atomic mass is 10.1. The van der Waals surface area contributed by atoms with Crippen LogP contribution in [0.25, 0.3) is 0 Å². The summed E-state index contributed by atoms with van der Waals surface area (Å²) >= 11 is 0. The summed E-state index contributed by atoms with van der Waals surface area (Å²) in [7, 11) is -4.08. The minimum Gasteiger partial charge on any atom is -0.352 e. The fourth-order valence-electron chi connectivity index (χ4n) is 4.23. The van der Waals surface area contributed by atoms with Crippen LogP contribution in [0.3, 0.4) is 0 Å². The molecule has 0 heterocycles. The molecule has 0 fully saturated rings. The molecule has 202 valence electrons. The first kappa shape index (κ1) is 28.9.